The van der Waals surface area contributed by atoms with Crippen molar-refractivity contribution in [2.24, 2.45) is 5.41 Å². The fraction of sp³-hybridized carbons (Fsp3) is 0.209. The standard InChI is InChI=1S/C24H15FNO.C19H26NSi.Ir/c1-15-14-26-22(13-21(15)16-6-3-2-4-7-16)20-9-5-8-19-18-11-10-17(25)12-23(18)27-24(19)20;1-19(2,3)13-16-12-17(15-10-8-7-9-11-15)20-14-18(16)21(4,5)6;/h2-8,10-14H,1H3;7-10,12,14H,13H2,1-6H3;/q2*-1;/i1D3;;. The van der Waals surface area contributed by atoms with Gasteiger partial charge in [0.2, 0.25) is 0 Å². The Balaban J connectivity index is 0.000000210. The van der Waals surface area contributed by atoms with E-state index < -0.39 is 14.9 Å². The van der Waals surface area contributed by atoms with Crippen LogP contribution in [-0.4, -0.2) is 18.0 Å². The summed E-state index contributed by atoms with van der Waals surface area (Å²) in [5.41, 5.74) is 7.50. The number of halogens is 1. The van der Waals surface area contributed by atoms with Gasteiger partial charge in [-0.3, -0.25) is 0 Å². The predicted octanol–water partition coefficient (Wildman–Crippen LogP) is 11.2. The van der Waals surface area contributed by atoms with E-state index in [2.05, 4.69) is 75.9 Å². The summed E-state index contributed by atoms with van der Waals surface area (Å²) in [5, 5.41) is 3.10. The number of fused-ring (bicyclic) bond motifs is 3. The second kappa shape index (κ2) is 14.7. The van der Waals surface area contributed by atoms with Gasteiger partial charge in [0.15, 0.2) is 0 Å². The summed E-state index contributed by atoms with van der Waals surface area (Å²) >= 11 is 0. The summed E-state index contributed by atoms with van der Waals surface area (Å²) in [6, 6.07) is 35.9. The summed E-state index contributed by atoms with van der Waals surface area (Å²) in [4.78, 5) is 9.12. The zero-order valence-corrected chi connectivity index (χ0v) is 32.0. The number of pyridine rings is 2. The second-order valence-electron chi connectivity index (χ2n) is 14.3. The molecule has 0 spiro atoms. The Hall–Kier alpha value is -4.22. The van der Waals surface area contributed by atoms with Gasteiger partial charge in [0.05, 0.1) is 13.7 Å². The molecule has 3 heterocycles. The molecular weight excluding hydrogens is 800 g/mol. The molecule has 3 nitrogen and oxygen atoms in total. The van der Waals surface area contributed by atoms with E-state index in [-0.39, 0.29) is 36.9 Å². The van der Waals surface area contributed by atoms with Crippen molar-refractivity contribution < 1.29 is 33.0 Å². The first kappa shape index (κ1) is 32.0. The Morgan fingerprint density at radius 2 is 1.57 bits per heavy atom. The molecule has 251 valence electrons. The molecule has 0 N–H and O–H groups in total. The summed E-state index contributed by atoms with van der Waals surface area (Å²) in [5.74, 6) is -0.376. The Morgan fingerprint density at radius 3 is 2.27 bits per heavy atom. The number of rotatable bonds is 5. The van der Waals surface area contributed by atoms with E-state index in [4.69, 9.17) is 13.5 Å². The second-order valence-corrected chi connectivity index (χ2v) is 19.3. The minimum Gasteiger partial charge on any atom is -0.500 e. The van der Waals surface area contributed by atoms with Crippen LogP contribution in [0.2, 0.25) is 19.6 Å². The normalized spacial score (nSPS) is 12.8. The molecule has 6 heteroatoms. The van der Waals surface area contributed by atoms with E-state index in [1.165, 1.54) is 29.1 Å². The van der Waals surface area contributed by atoms with Crippen LogP contribution in [0, 0.1) is 30.2 Å². The van der Waals surface area contributed by atoms with Gasteiger partial charge in [-0.15, -0.1) is 54.1 Å². The molecule has 0 aliphatic carbocycles. The first-order valence-electron chi connectivity index (χ1n) is 17.6. The summed E-state index contributed by atoms with van der Waals surface area (Å²) in [6.07, 6.45) is 4.60. The fourth-order valence-corrected chi connectivity index (χ4v) is 7.52. The average Bonchev–Trinajstić information content (AvgIpc) is 3.45. The molecule has 0 bridgehead atoms. The summed E-state index contributed by atoms with van der Waals surface area (Å²) in [6.45, 7) is 11.8. The first-order valence-corrected chi connectivity index (χ1v) is 19.6. The van der Waals surface area contributed by atoms with Crippen LogP contribution in [0.5, 0.6) is 0 Å². The van der Waals surface area contributed by atoms with Gasteiger partial charge in [-0.05, 0) is 64.1 Å². The third kappa shape index (κ3) is 8.33. The quantitative estimate of drug-likeness (QED) is 0.128. The van der Waals surface area contributed by atoms with Gasteiger partial charge in [-0.1, -0.05) is 99.4 Å². The van der Waals surface area contributed by atoms with Gasteiger partial charge >= 0.3 is 0 Å². The van der Waals surface area contributed by atoms with E-state index in [0.717, 1.165) is 34.0 Å². The van der Waals surface area contributed by atoms with E-state index >= 15 is 0 Å². The molecule has 0 atom stereocenters. The Kier molecular flexibility index (Phi) is 9.61. The van der Waals surface area contributed by atoms with Crippen LogP contribution < -0.4 is 5.19 Å². The van der Waals surface area contributed by atoms with Crippen molar-refractivity contribution in [2.45, 2.75) is 53.7 Å². The number of aryl methyl sites for hydroxylation is 1. The first-order chi connectivity index (χ1) is 24.1. The molecule has 0 saturated carbocycles. The minimum atomic E-state index is -2.30. The van der Waals surface area contributed by atoms with Gasteiger partial charge < -0.3 is 14.4 Å². The van der Waals surface area contributed by atoms with E-state index in [0.29, 0.717) is 28.0 Å². The number of furan rings is 1. The molecule has 3 aromatic heterocycles. The third-order valence-corrected chi connectivity index (χ3v) is 10.2. The van der Waals surface area contributed by atoms with E-state index in [9.17, 15) is 4.39 Å². The zero-order chi connectivity index (χ0) is 36.6. The van der Waals surface area contributed by atoms with Crippen molar-refractivity contribution in [3.05, 3.63) is 139 Å². The maximum Gasteiger partial charge on any atom is 0.126 e. The molecule has 1 radical (unpaired) electrons. The molecule has 0 aliphatic rings. The van der Waals surface area contributed by atoms with Crippen LogP contribution in [0.4, 0.5) is 4.39 Å². The Morgan fingerprint density at radius 1 is 0.816 bits per heavy atom. The molecule has 7 aromatic rings. The molecule has 0 saturated heterocycles. The maximum atomic E-state index is 13.7. The molecule has 0 aliphatic heterocycles. The van der Waals surface area contributed by atoms with Gasteiger partial charge in [-0.25, -0.2) is 4.39 Å². The van der Waals surface area contributed by atoms with Crippen molar-refractivity contribution in [3.63, 3.8) is 0 Å². The number of hydrogen-bond acceptors (Lipinski definition) is 3. The predicted molar refractivity (Wildman–Crippen MR) is 201 cm³/mol. The topological polar surface area (TPSA) is 38.9 Å². The van der Waals surface area contributed by atoms with Crippen molar-refractivity contribution in [2.75, 3.05) is 0 Å². The van der Waals surface area contributed by atoms with E-state index in [1.807, 2.05) is 54.6 Å². The van der Waals surface area contributed by atoms with Crippen LogP contribution in [0.3, 0.4) is 0 Å². The molecule has 49 heavy (non-hydrogen) atoms. The molecule has 4 aromatic carbocycles. The Bertz CT molecular complexity index is 2310. The SMILES string of the molecule is CC(C)(C)Cc1cc(-c2[c-]cccc2)ncc1[Si](C)(C)C.[2H]C([2H])([2H])c1cnc(-c2[c-]ccc3c2oc2cc(F)ccc23)cc1-c1ccccc1.[Ir]. The van der Waals surface area contributed by atoms with Gasteiger partial charge in [0.1, 0.15) is 11.4 Å². The van der Waals surface area contributed by atoms with Crippen LogP contribution in [0.15, 0.2) is 114 Å². The summed E-state index contributed by atoms with van der Waals surface area (Å²) in [7, 11) is -1.37. The van der Waals surface area contributed by atoms with Crippen molar-refractivity contribution >= 4 is 35.2 Å². The van der Waals surface area contributed by atoms with Crippen LogP contribution in [0.1, 0.15) is 36.0 Å². The molecule has 7 rings (SSSR count). The van der Waals surface area contributed by atoms with Crippen LogP contribution in [0.25, 0.3) is 55.6 Å². The minimum absolute atomic E-state index is 0. The monoisotopic (exact) mass is 844 g/mol. The molecule has 0 unspecified atom stereocenters. The van der Waals surface area contributed by atoms with E-state index in [1.54, 1.807) is 18.2 Å². The van der Waals surface area contributed by atoms with Gasteiger partial charge in [0, 0.05) is 48.1 Å². The number of aromatic nitrogens is 2. The molecule has 0 fully saturated rings. The molecule has 0 amide bonds. The largest absolute Gasteiger partial charge is 0.500 e. The van der Waals surface area contributed by atoms with Gasteiger partial charge in [0.25, 0.3) is 0 Å². The maximum absolute atomic E-state index is 13.7. The third-order valence-electron chi connectivity index (χ3n) is 8.14. The van der Waals surface area contributed by atoms with Crippen molar-refractivity contribution in [1.82, 2.24) is 9.97 Å². The zero-order valence-electron chi connectivity index (χ0n) is 31.6. The van der Waals surface area contributed by atoms with Crippen molar-refractivity contribution in [3.8, 4) is 33.6 Å². The van der Waals surface area contributed by atoms with Gasteiger partial charge in [-0.2, -0.15) is 0 Å². The number of hydrogen-bond donors (Lipinski definition) is 0. The van der Waals surface area contributed by atoms with Crippen molar-refractivity contribution in [1.29, 1.82) is 0 Å². The van der Waals surface area contributed by atoms with Crippen LogP contribution in [-0.2, 0) is 26.5 Å². The molecular formula is C43H41FIrN2OSi-2. The Labute approximate surface area is 308 Å². The summed E-state index contributed by atoms with van der Waals surface area (Å²) < 4.78 is 43.3. The fourth-order valence-electron chi connectivity index (χ4n) is 5.94. The smallest absolute Gasteiger partial charge is 0.126 e. The average molecular weight is 844 g/mol. The number of benzene rings is 4. The van der Waals surface area contributed by atoms with Crippen LogP contribution >= 0.6 is 0 Å². The number of nitrogens with zero attached hydrogens (tertiary/aromatic N) is 2.